The summed E-state index contributed by atoms with van der Waals surface area (Å²) >= 11 is 0. The van der Waals surface area contributed by atoms with Gasteiger partial charge in [0.15, 0.2) is 0 Å². The topological polar surface area (TPSA) is 21.3 Å². The van der Waals surface area contributed by atoms with Crippen LogP contribution in [0.15, 0.2) is 24.3 Å². The van der Waals surface area contributed by atoms with E-state index in [1.807, 2.05) is 0 Å². The summed E-state index contributed by atoms with van der Waals surface area (Å²) in [6.45, 7) is 0. The van der Waals surface area contributed by atoms with Crippen molar-refractivity contribution in [1.82, 2.24) is 5.32 Å². The average Bonchev–Trinajstić information content (AvgIpc) is 3.20. The fourth-order valence-electron chi connectivity index (χ4n) is 4.09. The molecule has 2 saturated carbocycles. The van der Waals surface area contributed by atoms with Gasteiger partial charge in [0.05, 0.1) is 7.11 Å². The number of rotatable bonds is 5. The summed E-state index contributed by atoms with van der Waals surface area (Å²) in [7, 11) is 3.85. The van der Waals surface area contributed by atoms with Crippen molar-refractivity contribution >= 4 is 0 Å². The fraction of sp³-hybridized carbons (Fsp3) is 0.647. The van der Waals surface area contributed by atoms with Crippen LogP contribution in [0.4, 0.5) is 0 Å². The van der Waals surface area contributed by atoms with Crippen LogP contribution in [0, 0.1) is 17.8 Å². The summed E-state index contributed by atoms with van der Waals surface area (Å²) in [6.07, 6.45) is 7.00. The Labute approximate surface area is 116 Å². The quantitative estimate of drug-likeness (QED) is 0.876. The van der Waals surface area contributed by atoms with Crippen LogP contribution in [0.3, 0.4) is 0 Å². The fourth-order valence-corrected chi connectivity index (χ4v) is 4.09. The molecule has 0 spiro atoms. The number of hydrogen-bond acceptors (Lipinski definition) is 2. The molecule has 1 N–H and O–H groups in total. The maximum absolute atomic E-state index is 5.22. The zero-order valence-corrected chi connectivity index (χ0v) is 12.1. The smallest absolute Gasteiger partial charge is 0.118 e. The first-order valence-corrected chi connectivity index (χ1v) is 7.63. The minimum absolute atomic E-state index is 0.654. The standard InChI is InChI=1S/C17H25NO/c1-18-16(17-14-5-3-4-6-15(14)17)11-12-7-9-13(19-2)10-8-12/h7-10,14-18H,3-6,11H2,1-2H3. The zero-order valence-electron chi connectivity index (χ0n) is 12.1. The van der Waals surface area contributed by atoms with Crippen molar-refractivity contribution in [2.75, 3.05) is 14.2 Å². The van der Waals surface area contributed by atoms with Crippen LogP contribution in [0.2, 0.25) is 0 Å². The number of benzene rings is 1. The van der Waals surface area contributed by atoms with E-state index in [0.29, 0.717) is 6.04 Å². The van der Waals surface area contributed by atoms with E-state index >= 15 is 0 Å². The molecule has 19 heavy (non-hydrogen) atoms. The lowest BCUT2D eigenvalue weighted by Gasteiger charge is -2.17. The highest BCUT2D eigenvalue weighted by molar-refractivity contribution is 5.28. The first-order valence-electron chi connectivity index (χ1n) is 7.63. The zero-order chi connectivity index (χ0) is 13.2. The van der Waals surface area contributed by atoms with E-state index in [0.717, 1.165) is 29.9 Å². The van der Waals surface area contributed by atoms with Crippen LogP contribution in [-0.4, -0.2) is 20.2 Å². The summed E-state index contributed by atoms with van der Waals surface area (Å²) in [5, 5.41) is 3.57. The summed E-state index contributed by atoms with van der Waals surface area (Å²) in [6, 6.07) is 9.20. The van der Waals surface area contributed by atoms with Gasteiger partial charge in [0.25, 0.3) is 0 Å². The van der Waals surface area contributed by atoms with Crippen LogP contribution in [0.25, 0.3) is 0 Å². The lowest BCUT2D eigenvalue weighted by Crippen LogP contribution is -2.31. The van der Waals surface area contributed by atoms with Crippen LogP contribution in [0.1, 0.15) is 31.2 Å². The van der Waals surface area contributed by atoms with Crippen molar-refractivity contribution < 1.29 is 4.74 Å². The highest BCUT2D eigenvalue weighted by Gasteiger charge is 2.53. The highest BCUT2D eigenvalue weighted by Crippen LogP contribution is 2.57. The van der Waals surface area contributed by atoms with Crippen LogP contribution >= 0.6 is 0 Å². The van der Waals surface area contributed by atoms with Gasteiger partial charge in [-0.1, -0.05) is 25.0 Å². The predicted molar refractivity (Wildman–Crippen MR) is 78.5 cm³/mol. The van der Waals surface area contributed by atoms with Gasteiger partial charge in [-0.25, -0.2) is 0 Å². The van der Waals surface area contributed by atoms with E-state index in [1.54, 1.807) is 7.11 Å². The van der Waals surface area contributed by atoms with E-state index < -0.39 is 0 Å². The van der Waals surface area contributed by atoms with Crippen LogP contribution in [-0.2, 0) is 6.42 Å². The predicted octanol–water partition coefficient (Wildman–Crippen LogP) is 3.26. The Bertz CT molecular complexity index is 402. The summed E-state index contributed by atoms with van der Waals surface area (Å²) in [5.74, 6) is 3.91. The number of fused-ring (bicyclic) bond motifs is 1. The summed E-state index contributed by atoms with van der Waals surface area (Å²) < 4.78 is 5.22. The Morgan fingerprint density at radius 3 is 2.32 bits per heavy atom. The third-order valence-corrected chi connectivity index (χ3v) is 5.17. The van der Waals surface area contributed by atoms with Crippen molar-refractivity contribution in [3.05, 3.63) is 29.8 Å². The van der Waals surface area contributed by atoms with Gasteiger partial charge in [0.2, 0.25) is 0 Å². The molecule has 2 aliphatic rings. The van der Waals surface area contributed by atoms with Crippen molar-refractivity contribution in [2.45, 2.75) is 38.1 Å². The molecule has 104 valence electrons. The Hall–Kier alpha value is -1.02. The van der Waals surface area contributed by atoms with Gasteiger partial charge in [-0.15, -0.1) is 0 Å². The van der Waals surface area contributed by atoms with Gasteiger partial charge in [-0.2, -0.15) is 0 Å². The molecule has 0 aromatic heterocycles. The van der Waals surface area contributed by atoms with Gasteiger partial charge in [0, 0.05) is 6.04 Å². The minimum atomic E-state index is 0.654. The first-order chi connectivity index (χ1) is 9.33. The molecule has 0 aliphatic heterocycles. The molecule has 3 rings (SSSR count). The molecule has 0 radical (unpaired) electrons. The van der Waals surface area contributed by atoms with Gasteiger partial charge in [-0.05, 0) is 61.8 Å². The highest BCUT2D eigenvalue weighted by atomic mass is 16.5. The van der Waals surface area contributed by atoms with E-state index in [4.69, 9.17) is 4.74 Å². The van der Waals surface area contributed by atoms with Gasteiger partial charge < -0.3 is 10.1 Å². The van der Waals surface area contributed by atoms with E-state index in [-0.39, 0.29) is 0 Å². The summed E-state index contributed by atoms with van der Waals surface area (Å²) in [5.41, 5.74) is 1.42. The second kappa shape index (κ2) is 5.54. The van der Waals surface area contributed by atoms with E-state index in [9.17, 15) is 0 Å². The molecule has 3 atom stereocenters. The third kappa shape index (κ3) is 2.64. The Kier molecular flexibility index (Phi) is 3.79. The van der Waals surface area contributed by atoms with E-state index in [2.05, 4.69) is 36.6 Å². The second-order valence-corrected chi connectivity index (χ2v) is 6.14. The van der Waals surface area contributed by atoms with Crippen molar-refractivity contribution in [3.8, 4) is 5.75 Å². The van der Waals surface area contributed by atoms with Crippen LogP contribution in [0.5, 0.6) is 5.75 Å². The van der Waals surface area contributed by atoms with Crippen molar-refractivity contribution in [2.24, 2.45) is 17.8 Å². The molecule has 0 saturated heterocycles. The average molecular weight is 259 g/mol. The molecule has 3 unspecified atom stereocenters. The van der Waals surface area contributed by atoms with Gasteiger partial charge >= 0.3 is 0 Å². The molecule has 0 heterocycles. The molecule has 1 aromatic rings. The molecule has 2 fully saturated rings. The SMILES string of the molecule is CNC(Cc1ccc(OC)cc1)C1C2CCCCC21. The van der Waals surface area contributed by atoms with Gasteiger partial charge in [-0.3, -0.25) is 0 Å². The molecular weight excluding hydrogens is 234 g/mol. The molecule has 2 nitrogen and oxygen atoms in total. The molecule has 1 aromatic carbocycles. The van der Waals surface area contributed by atoms with E-state index in [1.165, 1.54) is 31.2 Å². The molecule has 0 bridgehead atoms. The lowest BCUT2D eigenvalue weighted by molar-refractivity contribution is 0.414. The normalized spacial score (nSPS) is 30.5. The monoisotopic (exact) mass is 259 g/mol. The number of ether oxygens (including phenoxy) is 1. The maximum atomic E-state index is 5.22. The first kappa shape index (κ1) is 13.0. The largest absolute Gasteiger partial charge is 0.497 e. The van der Waals surface area contributed by atoms with Gasteiger partial charge in [0.1, 0.15) is 5.75 Å². The Morgan fingerprint density at radius 1 is 1.16 bits per heavy atom. The molecule has 0 amide bonds. The number of likely N-dealkylation sites (N-methyl/N-ethyl adjacent to an activating group) is 1. The Morgan fingerprint density at radius 2 is 1.79 bits per heavy atom. The maximum Gasteiger partial charge on any atom is 0.118 e. The molecule has 2 heteroatoms. The van der Waals surface area contributed by atoms with Crippen molar-refractivity contribution in [1.29, 1.82) is 0 Å². The molecule has 2 aliphatic carbocycles. The molecular formula is C17H25NO. The Balaban J connectivity index is 1.63. The summed E-state index contributed by atoms with van der Waals surface area (Å²) in [4.78, 5) is 0. The van der Waals surface area contributed by atoms with Crippen LogP contribution < -0.4 is 10.1 Å². The number of hydrogen-bond donors (Lipinski definition) is 1. The third-order valence-electron chi connectivity index (χ3n) is 5.17. The second-order valence-electron chi connectivity index (χ2n) is 6.14. The van der Waals surface area contributed by atoms with Crippen molar-refractivity contribution in [3.63, 3.8) is 0 Å². The number of nitrogens with one attached hydrogen (secondary N) is 1. The number of methoxy groups -OCH3 is 1. The minimum Gasteiger partial charge on any atom is -0.497 e. The lowest BCUT2D eigenvalue weighted by atomic mass is 10.00.